The van der Waals surface area contributed by atoms with Gasteiger partial charge in [-0.15, -0.1) is 0 Å². The number of alkyl halides is 1. The molecule has 1 aromatic rings. The molecule has 2 atom stereocenters. The van der Waals surface area contributed by atoms with Crippen LogP contribution in [-0.4, -0.2) is 47.9 Å². The van der Waals surface area contributed by atoms with Gasteiger partial charge in [0.1, 0.15) is 10.7 Å². The predicted octanol–water partition coefficient (Wildman–Crippen LogP) is 1.84. The summed E-state index contributed by atoms with van der Waals surface area (Å²) in [7, 11) is -3.50. The summed E-state index contributed by atoms with van der Waals surface area (Å²) in [6.07, 6.45) is 1.43. The van der Waals surface area contributed by atoms with E-state index >= 15 is 0 Å². The lowest BCUT2D eigenvalue weighted by Crippen LogP contribution is -2.18. The molecule has 0 fully saturated rings. The van der Waals surface area contributed by atoms with Crippen LogP contribution in [0, 0.1) is 11.8 Å². The van der Waals surface area contributed by atoms with Crippen LogP contribution in [-0.2, 0) is 9.84 Å². The van der Waals surface area contributed by atoms with E-state index < -0.39 is 9.84 Å². The number of aromatic nitrogens is 1. The Labute approximate surface area is 148 Å². The van der Waals surface area contributed by atoms with Crippen molar-refractivity contribution in [3.8, 4) is 0 Å². The first-order valence-corrected chi connectivity index (χ1v) is 10.2. The highest BCUT2D eigenvalue weighted by Crippen LogP contribution is 2.22. The van der Waals surface area contributed by atoms with Crippen LogP contribution in [0.2, 0.25) is 0 Å². The molecule has 0 aliphatic heterocycles. The van der Waals surface area contributed by atoms with Gasteiger partial charge in [-0.2, -0.15) is 0 Å². The van der Waals surface area contributed by atoms with Crippen molar-refractivity contribution in [3.63, 3.8) is 0 Å². The van der Waals surface area contributed by atoms with Crippen LogP contribution in [0.4, 0.5) is 5.82 Å². The first-order valence-electron chi connectivity index (χ1n) is 6.59. The quantitative estimate of drug-likeness (QED) is 0.557. The summed E-state index contributed by atoms with van der Waals surface area (Å²) >= 11 is 6.36. The van der Waals surface area contributed by atoms with E-state index in [1.54, 1.807) is 6.92 Å². The number of nitrogen functional groups attached to an aromatic ring is 1. The molecule has 0 unspecified atom stereocenters. The molecule has 0 bridgehead atoms. The fourth-order valence-corrected chi connectivity index (χ4v) is 3.65. The predicted molar refractivity (Wildman–Crippen MR) is 94.7 cm³/mol. The van der Waals surface area contributed by atoms with Crippen LogP contribution in [0.5, 0.6) is 0 Å². The maximum atomic E-state index is 11.9. The highest BCUT2D eigenvalue weighted by atomic mass is 79.9. The van der Waals surface area contributed by atoms with Crippen LogP contribution in [0.25, 0.3) is 0 Å². The average molecular weight is 462 g/mol. The Kier molecular flexibility index (Phi) is 10.4. The van der Waals surface area contributed by atoms with Gasteiger partial charge < -0.3 is 15.9 Å². The molecule has 4 N–H and O–H groups in total. The molecule has 128 valence electrons. The van der Waals surface area contributed by atoms with Gasteiger partial charge in [0.15, 0.2) is 9.84 Å². The standard InChI is InChI=1S/C9H13BrN2O3S.C4H9BrO/c1-6(4-13)5-16(14,15)8-2-7(10)3-12-9(8)11;1-4(2-5)3-6/h2-3,6,13H,4-5H2,1H3,(H2,11,12);4,6H,2-3H2,1H3/t6-;4-/m10/s1. The van der Waals surface area contributed by atoms with E-state index in [0.29, 0.717) is 10.4 Å². The van der Waals surface area contributed by atoms with Gasteiger partial charge in [0.25, 0.3) is 0 Å². The molecule has 1 rings (SSSR count). The summed E-state index contributed by atoms with van der Waals surface area (Å²) < 4.78 is 24.4. The summed E-state index contributed by atoms with van der Waals surface area (Å²) in [6.45, 7) is 3.74. The zero-order chi connectivity index (χ0) is 17.3. The van der Waals surface area contributed by atoms with Crippen molar-refractivity contribution >= 4 is 47.5 Å². The number of anilines is 1. The largest absolute Gasteiger partial charge is 0.396 e. The molecule has 1 heterocycles. The number of aliphatic hydroxyl groups is 2. The number of sulfone groups is 1. The fourth-order valence-electron chi connectivity index (χ4n) is 1.25. The Bertz CT molecular complexity index is 551. The smallest absolute Gasteiger partial charge is 0.182 e. The van der Waals surface area contributed by atoms with Crippen molar-refractivity contribution in [2.45, 2.75) is 18.7 Å². The van der Waals surface area contributed by atoms with Crippen LogP contribution in [0.15, 0.2) is 21.6 Å². The van der Waals surface area contributed by atoms with Crippen LogP contribution in [0.1, 0.15) is 13.8 Å². The minimum atomic E-state index is -3.50. The number of nitrogens with zero attached hydrogens (tertiary/aromatic N) is 1. The van der Waals surface area contributed by atoms with Gasteiger partial charge in [0, 0.05) is 29.2 Å². The second-order valence-corrected chi connectivity index (χ2v) is 8.61. The van der Waals surface area contributed by atoms with E-state index in [-0.39, 0.29) is 35.6 Å². The highest BCUT2D eigenvalue weighted by Gasteiger charge is 2.21. The molecule has 9 heteroatoms. The molecule has 0 saturated carbocycles. The van der Waals surface area contributed by atoms with E-state index in [1.807, 2.05) is 6.92 Å². The number of aliphatic hydroxyl groups excluding tert-OH is 2. The van der Waals surface area contributed by atoms with Gasteiger partial charge in [0.2, 0.25) is 0 Å². The zero-order valence-electron chi connectivity index (χ0n) is 12.5. The van der Waals surface area contributed by atoms with E-state index in [2.05, 4.69) is 36.8 Å². The number of pyridine rings is 1. The van der Waals surface area contributed by atoms with Gasteiger partial charge in [0.05, 0.1) is 5.75 Å². The second-order valence-electron chi connectivity index (χ2n) is 5.05. The first-order chi connectivity index (χ1) is 10.2. The molecule has 0 saturated heterocycles. The highest BCUT2D eigenvalue weighted by molar-refractivity contribution is 9.10. The van der Waals surface area contributed by atoms with Crippen molar-refractivity contribution in [2.24, 2.45) is 11.8 Å². The van der Waals surface area contributed by atoms with E-state index in [4.69, 9.17) is 15.9 Å². The summed E-state index contributed by atoms with van der Waals surface area (Å²) in [5, 5.41) is 18.0. The van der Waals surface area contributed by atoms with Crippen molar-refractivity contribution < 1.29 is 18.6 Å². The molecule has 22 heavy (non-hydrogen) atoms. The number of nitrogens with two attached hydrogens (primary N) is 1. The van der Waals surface area contributed by atoms with Crippen molar-refractivity contribution in [1.29, 1.82) is 0 Å². The number of hydrogen-bond donors (Lipinski definition) is 3. The summed E-state index contributed by atoms with van der Waals surface area (Å²) in [5.41, 5.74) is 5.52. The third-order valence-corrected chi connectivity index (χ3v) is 6.12. The third-order valence-electron chi connectivity index (χ3n) is 2.57. The molecule has 0 spiro atoms. The molecular weight excluding hydrogens is 440 g/mol. The third kappa shape index (κ3) is 7.87. The normalized spacial score (nSPS) is 13.9. The Morgan fingerprint density at radius 3 is 2.23 bits per heavy atom. The maximum Gasteiger partial charge on any atom is 0.182 e. The molecule has 0 aliphatic rings. The molecule has 0 radical (unpaired) electrons. The lowest BCUT2D eigenvalue weighted by Gasteiger charge is -2.10. The molecule has 0 aliphatic carbocycles. The number of rotatable bonds is 6. The number of halogens is 2. The minimum absolute atomic E-state index is 0.00201. The topological polar surface area (TPSA) is 114 Å². The van der Waals surface area contributed by atoms with Crippen LogP contribution >= 0.6 is 31.9 Å². The van der Waals surface area contributed by atoms with Crippen LogP contribution < -0.4 is 5.73 Å². The Hall–Kier alpha value is -0.220. The summed E-state index contributed by atoms with van der Waals surface area (Å²) in [6, 6.07) is 1.42. The second kappa shape index (κ2) is 10.5. The van der Waals surface area contributed by atoms with Gasteiger partial charge in [-0.05, 0) is 33.8 Å². The van der Waals surface area contributed by atoms with E-state index in [9.17, 15) is 8.42 Å². The van der Waals surface area contributed by atoms with Gasteiger partial charge in [-0.1, -0.05) is 29.8 Å². The van der Waals surface area contributed by atoms with Crippen molar-refractivity contribution in [2.75, 3.05) is 30.0 Å². The average Bonchev–Trinajstić information content (AvgIpc) is 2.48. The maximum absolute atomic E-state index is 11.9. The lowest BCUT2D eigenvalue weighted by atomic mass is 10.2. The van der Waals surface area contributed by atoms with Crippen molar-refractivity contribution in [3.05, 3.63) is 16.7 Å². The fraction of sp³-hybridized carbons (Fsp3) is 0.615. The summed E-state index contributed by atoms with van der Waals surface area (Å²) in [5.74, 6) is -0.0898. The van der Waals surface area contributed by atoms with Gasteiger partial charge >= 0.3 is 0 Å². The lowest BCUT2D eigenvalue weighted by molar-refractivity contribution is 0.249. The van der Waals surface area contributed by atoms with Crippen LogP contribution in [0.3, 0.4) is 0 Å². The minimum Gasteiger partial charge on any atom is -0.396 e. The monoisotopic (exact) mass is 460 g/mol. The Balaban J connectivity index is 0.000000626. The molecular formula is C13H22Br2N2O4S. The zero-order valence-corrected chi connectivity index (χ0v) is 16.5. The molecule has 6 nitrogen and oxygen atoms in total. The molecule has 0 aromatic carbocycles. The van der Waals surface area contributed by atoms with E-state index in [0.717, 1.165) is 5.33 Å². The molecule has 1 aromatic heterocycles. The van der Waals surface area contributed by atoms with Gasteiger partial charge in [-0.25, -0.2) is 13.4 Å². The Morgan fingerprint density at radius 1 is 1.27 bits per heavy atom. The summed E-state index contributed by atoms with van der Waals surface area (Å²) in [4.78, 5) is 3.77. The van der Waals surface area contributed by atoms with E-state index in [1.165, 1.54) is 12.3 Å². The van der Waals surface area contributed by atoms with Crippen molar-refractivity contribution in [1.82, 2.24) is 4.98 Å². The SMILES string of the molecule is C[C@H](CO)CBr.C[C@H](CO)CS(=O)(=O)c1cc(Br)cnc1N. The Morgan fingerprint density at radius 2 is 1.82 bits per heavy atom. The van der Waals surface area contributed by atoms with Gasteiger partial charge in [-0.3, -0.25) is 0 Å². The number of hydrogen-bond acceptors (Lipinski definition) is 6. The first kappa shape index (κ1) is 21.8. The molecule has 0 amide bonds.